The number of ether oxygens (including phenoxy) is 1. The van der Waals surface area contributed by atoms with Crippen LogP contribution in [0.25, 0.3) is 21.5 Å². The fraction of sp³-hybridized carbons (Fsp3) is 0.120. The van der Waals surface area contributed by atoms with E-state index in [0.717, 1.165) is 44.2 Å². The van der Waals surface area contributed by atoms with Gasteiger partial charge < -0.3 is 4.74 Å². The predicted octanol–water partition coefficient (Wildman–Crippen LogP) is 6.35. The van der Waals surface area contributed by atoms with Gasteiger partial charge in [0.05, 0.1) is 12.1 Å². The van der Waals surface area contributed by atoms with Gasteiger partial charge in [0.25, 0.3) is 0 Å². The molecular weight excluding hydrogens is 376 g/mol. The van der Waals surface area contributed by atoms with E-state index in [1.54, 1.807) is 11.8 Å². The van der Waals surface area contributed by atoms with Gasteiger partial charge in [-0.1, -0.05) is 60.7 Å². The summed E-state index contributed by atoms with van der Waals surface area (Å²) in [5.74, 6) is 0.834. The van der Waals surface area contributed by atoms with E-state index < -0.39 is 5.92 Å². The molecule has 0 saturated heterocycles. The van der Waals surface area contributed by atoms with Gasteiger partial charge in [-0.3, -0.25) is 0 Å². The van der Waals surface area contributed by atoms with Crippen molar-refractivity contribution in [2.75, 3.05) is 5.75 Å². The number of nitriles is 2. The maximum Gasteiger partial charge on any atom is 0.159 e. The molecule has 0 N–H and O–H groups in total. The largest absolute Gasteiger partial charge is 0.485 e. The molecule has 138 valence electrons. The van der Waals surface area contributed by atoms with Gasteiger partial charge in [-0.15, -0.1) is 11.8 Å². The molecule has 29 heavy (non-hydrogen) atoms. The molecule has 1 heterocycles. The minimum absolute atomic E-state index is 0.0877. The van der Waals surface area contributed by atoms with Crippen molar-refractivity contribution in [3.8, 4) is 17.9 Å². The minimum atomic E-state index is -0.815. The van der Waals surface area contributed by atoms with Gasteiger partial charge in [0, 0.05) is 21.6 Å². The van der Waals surface area contributed by atoms with Gasteiger partial charge in [-0.25, -0.2) is 0 Å². The summed E-state index contributed by atoms with van der Waals surface area (Å²) in [5, 5.41) is 23.5. The van der Waals surface area contributed by atoms with Gasteiger partial charge in [0.2, 0.25) is 0 Å². The topological polar surface area (TPSA) is 56.8 Å². The summed E-state index contributed by atoms with van der Waals surface area (Å²) in [5.41, 5.74) is 1.91. The zero-order chi connectivity index (χ0) is 19.8. The summed E-state index contributed by atoms with van der Waals surface area (Å²) in [7, 11) is 0. The molecule has 0 aromatic heterocycles. The number of thioether (sulfide) groups is 1. The van der Waals surface area contributed by atoms with Crippen LogP contribution >= 0.6 is 11.8 Å². The first-order valence-corrected chi connectivity index (χ1v) is 10.4. The van der Waals surface area contributed by atoms with Crippen LogP contribution in [0, 0.1) is 22.7 Å². The lowest BCUT2D eigenvalue weighted by molar-refractivity contribution is 0.232. The number of benzene rings is 4. The molecule has 1 aliphatic rings. The highest BCUT2D eigenvalue weighted by molar-refractivity contribution is 7.99. The molecule has 3 nitrogen and oxygen atoms in total. The number of fused-ring (bicyclic) bond motifs is 2. The second-order valence-electron chi connectivity index (χ2n) is 6.98. The van der Waals surface area contributed by atoms with Crippen molar-refractivity contribution >= 4 is 33.3 Å². The van der Waals surface area contributed by atoms with Crippen LogP contribution < -0.4 is 4.74 Å². The molecule has 0 spiro atoms. The Hall–Kier alpha value is -3.47. The maximum atomic E-state index is 9.65. The molecule has 0 aliphatic carbocycles. The summed E-state index contributed by atoms with van der Waals surface area (Å²) in [6.07, 6.45) is -0.0877. The first-order valence-electron chi connectivity index (χ1n) is 9.42. The van der Waals surface area contributed by atoms with Gasteiger partial charge >= 0.3 is 0 Å². The fourth-order valence-electron chi connectivity index (χ4n) is 4.14. The lowest BCUT2D eigenvalue weighted by Gasteiger charge is -2.28. The number of hydrogen-bond donors (Lipinski definition) is 0. The van der Waals surface area contributed by atoms with Crippen LogP contribution in [0.15, 0.2) is 77.7 Å². The summed E-state index contributed by atoms with van der Waals surface area (Å²) in [6, 6.07) is 28.4. The van der Waals surface area contributed by atoms with E-state index in [1.807, 2.05) is 60.7 Å². The third-order valence-electron chi connectivity index (χ3n) is 5.37. The normalized spacial score (nSPS) is 15.2. The van der Waals surface area contributed by atoms with Crippen LogP contribution in [0.4, 0.5) is 0 Å². The Kier molecular flexibility index (Phi) is 4.35. The first kappa shape index (κ1) is 17.6. The molecule has 1 atom stereocenters. The van der Waals surface area contributed by atoms with Crippen LogP contribution in [0.2, 0.25) is 0 Å². The van der Waals surface area contributed by atoms with Crippen molar-refractivity contribution in [1.82, 2.24) is 0 Å². The highest BCUT2D eigenvalue weighted by Gasteiger charge is 2.29. The fourth-order valence-corrected chi connectivity index (χ4v) is 5.41. The number of para-hydroxylation sites is 1. The maximum absolute atomic E-state index is 9.65. The van der Waals surface area contributed by atoms with Crippen molar-refractivity contribution in [2.45, 2.75) is 16.9 Å². The molecule has 1 aliphatic heterocycles. The molecule has 4 heteroatoms. The van der Waals surface area contributed by atoms with E-state index in [2.05, 4.69) is 24.3 Å². The van der Waals surface area contributed by atoms with Crippen molar-refractivity contribution in [3.05, 3.63) is 83.9 Å². The van der Waals surface area contributed by atoms with Crippen molar-refractivity contribution in [2.24, 2.45) is 0 Å². The van der Waals surface area contributed by atoms with E-state index in [0.29, 0.717) is 0 Å². The Bertz CT molecular complexity index is 1300. The summed E-state index contributed by atoms with van der Waals surface area (Å²) in [4.78, 5) is 1.21. The summed E-state index contributed by atoms with van der Waals surface area (Å²) in [6.45, 7) is 0. The SMILES string of the molecule is N#CC(C#N)c1c2ccccc2c2c3c(cccc13)C(Oc1ccccc1)CS2. The van der Waals surface area contributed by atoms with Crippen LogP contribution in [0.3, 0.4) is 0 Å². The molecular formula is C25H16N2OS. The van der Waals surface area contributed by atoms with E-state index in [9.17, 15) is 10.5 Å². The van der Waals surface area contributed by atoms with Crippen LogP contribution in [-0.4, -0.2) is 5.75 Å². The third-order valence-corrected chi connectivity index (χ3v) is 6.55. The van der Waals surface area contributed by atoms with Crippen molar-refractivity contribution in [3.63, 3.8) is 0 Å². The van der Waals surface area contributed by atoms with Gasteiger partial charge in [-0.2, -0.15) is 10.5 Å². The second-order valence-corrected chi connectivity index (χ2v) is 8.01. The quantitative estimate of drug-likeness (QED) is 0.381. The molecule has 5 rings (SSSR count). The zero-order valence-electron chi connectivity index (χ0n) is 15.5. The second kappa shape index (κ2) is 7.17. The van der Waals surface area contributed by atoms with Crippen molar-refractivity contribution < 1.29 is 4.74 Å². The standard InChI is InChI=1S/C25H16N2OS/c26-13-16(14-27)23-18-9-4-5-10-19(18)25-24-20(11-6-12-21(23)24)22(15-29-25)28-17-7-2-1-3-8-17/h1-12,16,22H,15H2. The predicted molar refractivity (Wildman–Crippen MR) is 116 cm³/mol. The Labute approximate surface area is 173 Å². The smallest absolute Gasteiger partial charge is 0.159 e. The molecule has 0 radical (unpaired) electrons. The van der Waals surface area contributed by atoms with Gasteiger partial charge in [0.1, 0.15) is 11.9 Å². The van der Waals surface area contributed by atoms with Crippen LogP contribution in [0.1, 0.15) is 23.1 Å². The van der Waals surface area contributed by atoms with Crippen molar-refractivity contribution in [1.29, 1.82) is 10.5 Å². The molecule has 0 saturated carbocycles. The van der Waals surface area contributed by atoms with E-state index in [4.69, 9.17) is 4.74 Å². The van der Waals surface area contributed by atoms with Gasteiger partial charge in [-0.05, 0) is 33.9 Å². The molecule has 4 aromatic carbocycles. The number of hydrogen-bond acceptors (Lipinski definition) is 4. The molecule has 4 aromatic rings. The van der Waals surface area contributed by atoms with Crippen LogP contribution in [-0.2, 0) is 0 Å². The Morgan fingerprint density at radius 1 is 0.828 bits per heavy atom. The Morgan fingerprint density at radius 2 is 1.52 bits per heavy atom. The van der Waals surface area contributed by atoms with Gasteiger partial charge in [0.15, 0.2) is 5.92 Å². The Morgan fingerprint density at radius 3 is 2.28 bits per heavy atom. The first-order chi connectivity index (χ1) is 14.3. The number of rotatable bonds is 3. The molecule has 0 bridgehead atoms. The minimum Gasteiger partial charge on any atom is -0.485 e. The number of nitrogens with zero attached hydrogens (tertiary/aromatic N) is 2. The van der Waals surface area contributed by atoms with E-state index in [-0.39, 0.29) is 6.10 Å². The summed E-state index contributed by atoms with van der Waals surface area (Å²) >= 11 is 1.78. The summed E-state index contributed by atoms with van der Waals surface area (Å²) < 4.78 is 6.32. The zero-order valence-corrected chi connectivity index (χ0v) is 16.3. The average Bonchev–Trinajstić information content (AvgIpc) is 2.78. The monoisotopic (exact) mass is 392 g/mol. The molecule has 0 fully saturated rings. The van der Waals surface area contributed by atoms with Crippen LogP contribution in [0.5, 0.6) is 5.75 Å². The van der Waals surface area contributed by atoms with E-state index >= 15 is 0 Å². The molecule has 0 amide bonds. The van der Waals surface area contributed by atoms with E-state index in [1.165, 1.54) is 4.90 Å². The lowest BCUT2D eigenvalue weighted by Crippen LogP contribution is -2.15. The third kappa shape index (κ3) is 2.81. The highest BCUT2D eigenvalue weighted by Crippen LogP contribution is 2.48. The molecule has 1 unspecified atom stereocenters. The average molecular weight is 392 g/mol. The Balaban J connectivity index is 1.81. The highest BCUT2D eigenvalue weighted by atomic mass is 32.2. The lowest BCUT2D eigenvalue weighted by atomic mass is 9.87.